The summed E-state index contributed by atoms with van der Waals surface area (Å²) in [6, 6.07) is 24.0. The van der Waals surface area contributed by atoms with Crippen molar-refractivity contribution in [1.82, 2.24) is 25.1 Å². The number of aliphatic hydroxyl groups is 1. The number of carbonyl (C=O) groups excluding carboxylic acids is 2. The summed E-state index contributed by atoms with van der Waals surface area (Å²) in [7, 11) is 0. The van der Waals surface area contributed by atoms with Crippen molar-refractivity contribution in [3.8, 4) is 11.1 Å². The molecule has 0 aliphatic carbocycles. The first-order valence-corrected chi connectivity index (χ1v) is 18.2. The molecule has 0 saturated carbocycles. The van der Waals surface area contributed by atoms with Crippen molar-refractivity contribution >= 4 is 17.8 Å². The number of piperazine rings is 1. The van der Waals surface area contributed by atoms with Crippen LogP contribution in [0, 0.1) is 0 Å². The van der Waals surface area contributed by atoms with Crippen molar-refractivity contribution in [3.63, 3.8) is 0 Å². The van der Waals surface area contributed by atoms with Crippen molar-refractivity contribution in [2.45, 2.75) is 63.1 Å². The number of nitrogens with zero attached hydrogens (tertiary/aromatic N) is 5. The number of likely N-dealkylation sites (tertiary alicyclic amines) is 1. The molecule has 3 aliphatic heterocycles. The molecule has 54 heavy (non-hydrogen) atoms. The van der Waals surface area contributed by atoms with Crippen LogP contribution >= 0.6 is 0 Å². The minimum atomic E-state index is -5.02. The fraction of sp³-hybridized carbons (Fsp3) is 0.400. The Morgan fingerprint density at radius 3 is 2.26 bits per heavy atom. The zero-order valence-corrected chi connectivity index (χ0v) is 29.7. The van der Waals surface area contributed by atoms with Crippen LogP contribution in [-0.4, -0.2) is 94.3 Å². The van der Waals surface area contributed by atoms with E-state index >= 15 is 0 Å². The van der Waals surface area contributed by atoms with E-state index in [2.05, 4.69) is 25.1 Å². The molecule has 4 heterocycles. The molecule has 11 nitrogen and oxygen atoms in total. The highest BCUT2D eigenvalue weighted by molar-refractivity contribution is 5.90. The first-order chi connectivity index (χ1) is 26.1. The summed E-state index contributed by atoms with van der Waals surface area (Å²) in [5.74, 6) is -1.84. The number of anilines is 1. The molecule has 284 valence electrons. The van der Waals surface area contributed by atoms with Gasteiger partial charge in [-0.3, -0.25) is 14.5 Å². The van der Waals surface area contributed by atoms with Gasteiger partial charge in [0, 0.05) is 70.2 Å². The monoisotopic (exact) mass is 744 g/mol. The number of ether oxygens (including phenoxy) is 2. The van der Waals surface area contributed by atoms with E-state index in [-0.39, 0.29) is 38.3 Å². The maximum Gasteiger partial charge on any atom is 0.471 e. The second-order valence-corrected chi connectivity index (χ2v) is 13.9. The van der Waals surface area contributed by atoms with E-state index < -0.39 is 30.3 Å². The molecule has 7 rings (SSSR count). The number of halogens is 3. The van der Waals surface area contributed by atoms with E-state index in [9.17, 15) is 27.9 Å². The Kier molecular flexibility index (Phi) is 11.5. The third-order valence-corrected chi connectivity index (χ3v) is 10.3. The average molecular weight is 745 g/mol. The molecule has 2 amide bonds. The predicted molar refractivity (Wildman–Crippen MR) is 194 cm³/mol. The molecule has 4 atom stereocenters. The Morgan fingerprint density at radius 1 is 0.833 bits per heavy atom. The number of amides is 2. The second-order valence-electron chi connectivity index (χ2n) is 13.9. The molecule has 0 spiro atoms. The highest BCUT2D eigenvalue weighted by Crippen LogP contribution is 2.39. The molecule has 0 radical (unpaired) electrons. The molecule has 1 aromatic heterocycles. The van der Waals surface area contributed by atoms with Gasteiger partial charge in [-0.15, -0.1) is 0 Å². The summed E-state index contributed by atoms with van der Waals surface area (Å²) < 4.78 is 52.3. The summed E-state index contributed by atoms with van der Waals surface area (Å²) >= 11 is 0. The minimum Gasteiger partial charge on any atom is -0.392 e. The maximum atomic E-state index is 13.0. The van der Waals surface area contributed by atoms with Crippen LogP contribution in [0.2, 0.25) is 0 Å². The normalized spacial score (nSPS) is 22.3. The van der Waals surface area contributed by atoms with Gasteiger partial charge >= 0.3 is 12.1 Å². The maximum absolute atomic E-state index is 13.0. The molecule has 2 N–H and O–H groups in total. The minimum absolute atomic E-state index is 0.0310. The molecular weight excluding hydrogens is 701 g/mol. The average Bonchev–Trinajstić information content (AvgIpc) is 3.70. The number of rotatable bonds is 10. The Balaban J connectivity index is 1.00. The van der Waals surface area contributed by atoms with Gasteiger partial charge in [0.15, 0.2) is 6.29 Å². The lowest BCUT2D eigenvalue weighted by molar-refractivity contribution is -0.253. The standard InChI is InChI=1S/C40H43F3N6O5/c41-40(42,43)38(52)49-17-2-6-34(49)36(51)46-24-28-4-1-5-32(22-28)29-11-13-31(14-12-29)37-53-33(23-35(54-37)30-9-7-27(26-50)8-10-30)25-47-18-20-48(21-19-47)39-44-15-3-16-45-39/h1,3-5,7-16,22,33-35,37,50H,2,6,17-21,23-26H2,(H,46,51)/t33-,34+,35+,37+/m1/s1. The van der Waals surface area contributed by atoms with E-state index in [0.29, 0.717) is 17.7 Å². The highest BCUT2D eigenvalue weighted by Gasteiger charge is 2.47. The first-order valence-electron chi connectivity index (χ1n) is 18.2. The van der Waals surface area contributed by atoms with E-state index in [0.717, 1.165) is 72.1 Å². The zero-order chi connectivity index (χ0) is 37.7. The molecule has 3 fully saturated rings. The van der Waals surface area contributed by atoms with Gasteiger partial charge in [-0.1, -0.05) is 66.7 Å². The van der Waals surface area contributed by atoms with Crippen LogP contribution in [0.3, 0.4) is 0 Å². The number of nitrogens with one attached hydrogen (secondary N) is 1. The lowest BCUT2D eigenvalue weighted by atomic mass is 9.98. The van der Waals surface area contributed by atoms with E-state index in [4.69, 9.17) is 9.47 Å². The Hall–Kier alpha value is -4.89. The van der Waals surface area contributed by atoms with Crippen molar-refractivity contribution < 1.29 is 37.3 Å². The summed E-state index contributed by atoms with van der Waals surface area (Å²) in [4.78, 5) is 38.7. The predicted octanol–water partition coefficient (Wildman–Crippen LogP) is 5.17. The van der Waals surface area contributed by atoms with Crippen molar-refractivity contribution in [2.75, 3.05) is 44.2 Å². The van der Waals surface area contributed by atoms with Crippen LogP contribution in [0.15, 0.2) is 91.3 Å². The highest BCUT2D eigenvalue weighted by atomic mass is 19.4. The summed E-state index contributed by atoms with van der Waals surface area (Å²) in [5, 5.41) is 12.3. The van der Waals surface area contributed by atoms with Crippen molar-refractivity contribution in [1.29, 1.82) is 0 Å². The topological polar surface area (TPSA) is 120 Å². The van der Waals surface area contributed by atoms with Crippen LogP contribution < -0.4 is 10.2 Å². The number of hydrogen-bond donors (Lipinski definition) is 2. The van der Waals surface area contributed by atoms with E-state index in [1.165, 1.54) is 0 Å². The van der Waals surface area contributed by atoms with Gasteiger partial charge in [-0.2, -0.15) is 13.2 Å². The van der Waals surface area contributed by atoms with Gasteiger partial charge in [0.25, 0.3) is 0 Å². The Labute approximate surface area is 311 Å². The molecule has 4 aromatic rings. The quantitative estimate of drug-likeness (QED) is 0.227. The molecule has 3 saturated heterocycles. The number of aliphatic hydroxyl groups excluding tert-OH is 1. The van der Waals surface area contributed by atoms with Gasteiger partial charge < -0.3 is 29.7 Å². The zero-order valence-electron chi connectivity index (χ0n) is 29.7. The largest absolute Gasteiger partial charge is 0.471 e. The summed E-state index contributed by atoms with van der Waals surface area (Å²) in [6.07, 6.45) is -1.22. The van der Waals surface area contributed by atoms with Gasteiger partial charge in [-0.05, 0) is 52.8 Å². The molecule has 0 bridgehead atoms. The SMILES string of the molecule is O=C(NCc1cccc(-c2ccc([C@H]3O[C@@H](CN4CCN(c5ncccn5)CC4)C[C@@H](c4ccc(CO)cc4)O3)cc2)c1)[C@@H]1CCCN1C(=O)C(F)(F)F. The number of carbonyl (C=O) groups is 2. The number of hydrogen-bond acceptors (Lipinski definition) is 9. The van der Waals surface area contributed by atoms with Crippen LogP contribution in [0.25, 0.3) is 11.1 Å². The molecular formula is C40H43F3N6O5. The van der Waals surface area contributed by atoms with Gasteiger partial charge in [0.1, 0.15) is 6.04 Å². The van der Waals surface area contributed by atoms with E-state index in [1.807, 2.05) is 78.9 Å². The molecule has 14 heteroatoms. The van der Waals surface area contributed by atoms with Gasteiger partial charge in [0.05, 0.1) is 18.8 Å². The number of alkyl halides is 3. The fourth-order valence-corrected chi connectivity index (χ4v) is 7.35. The Morgan fingerprint density at radius 2 is 1.56 bits per heavy atom. The van der Waals surface area contributed by atoms with Crippen LogP contribution in [-0.2, 0) is 32.2 Å². The second kappa shape index (κ2) is 16.6. The van der Waals surface area contributed by atoms with Crippen LogP contribution in [0.1, 0.15) is 53.9 Å². The van der Waals surface area contributed by atoms with Crippen LogP contribution in [0.5, 0.6) is 0 Å². The van der Waals surface area contributed by atoms with Crippen molar-refractivity contribution in [3.05, 3.63) is 114 Å². The molecule has 3 aliphatic rings. The lowest BCUT2D eigenvalue weighted by Crippen LogP contribution is -2.50. The van der Waals surface area contributed by atoms with Crippen LogP contribution in [0.4, 0.5) is 19.1 Å². The van der Waals surface area contributed by atoms with E-state index in [1.54, 1.807) is 12.4 Å². The summed E-state index contributed by atoms with van der Waals surface area (Å²) in [6.45, 7) is 4.07. The first kappa shape index (κ1) is 37.4. The fourth-order valence-electron chi connectivity index (χ4n) is 7.35. The summed E-state index contributed by atoms with van der Waals surface area (Å²) in [5.41, 5.74) is 5.31. The number of aromatic nitrogens is 2. The third-order valence-electron chi connectivity index (χ3n) is 10.3. The van der Waals surface area contributed by atoms with Crippen molar-refractivity contribution in [2.24, 2.45) is 0 Å². The smallest absolute Gasteiger partial charge is 0.392 e. The molecule has 0 unspecified atom stereocenters. The number of benzene rings is 3. The molecule has 3 aromatic carbocycles. The lowest BCUT2D eigenvalue weighted by Gasteiger charge is -2.40. The third kappa shape index (κ3) is 8.90. The Bertz CT molecular complexity index is 1870. The van der Waals surface area contributed by atoms with Gasteiger partial charge in [-0.25, -0.2) is 9.97 Å². The van der Waals surface area contributed by atoms with Gasteiger partial charge in [0.2, 0.25) is 11.9 Å².